The highest BCUT2D eigenvalue weighted by Crippen LogP contribution is 2.43. The molecule has 0 saturated heterocycles. The van der Waals surface area contributed by atoms with Crippen LogP contribution in [0.3, 0.4) is 0 Å². The van der Waals surface area contributed by atoms with Crippen LogP contribution < -0.4 is 5.56 Å². The van der Waals surface area contributed by atoms with Gasteiger partial charge in [-0.3, -0.25) is 9.69 Å². The maximum Gasteiger partial charge on any atom is 0.252 e. The zero-order chi connectivity index (χ0) is 22.8. The third-order valence-electron chi connectivity index (χ3n) is 7.67. The Morgan fingerprint density at radius 2 is 1.94 bits per heavy atom. The van der Waals surface area contributed by atoms with Crippen molar-refractivity contribution in [3.63, 3.8) is 0 Å². The van der Waals surface area contributed by atoms with E-state index in [2.05, 4.69) is 43.1 Å². The Balaban J connectivity index is 1.56. The molecule has 1 aromatic carbocycles. The standard InChI is InChI=1S/C25H34N6O2/c1-18-9-10-22-19(15-18)16-20(23(33)26-22)17-30(13-14-32)25(11-5-2-6-12-25)24-27-28-29-31(24)21-7-3-4-8-21/h9-10,15-16,21,32H,2-8,11-14,17H2,1H3,(H,26,33). The quantitative estimate of drug-likeness (QED) is 0.571. The van der Waals surface area contributed by atoms with E-state index in [1.807, 2.05) is 18.2 Å². The number of pyridine rings is 1. The molecule has 2 fully saturated rings. The second-order valence-electron chi connectivity index (χ2n) is 9.84. The molecule has 8 nitrogen and oxygen atoms in total. The van der Waals surface area contributed by atoms with Crippen LogP contribution in [0.15, 0.2) is 29.1 Å². The lowest BCUT2D eigenvalue weighted by Gasteiger charge is -2.45. The molecule has 8 heteroatoms. The van der Waals surface area contributed by atoms with E-state index in [9.17, 15) is 9.90 Å². The fraction of sp³-hybridized carbons (Fsp3) is 0.600. The monoisotopic (exact) mass is 450 g/mol. The van der Waals surface area contributed by atoms with Crippen molar-refractivity contribution in [3.05, 3.63) is 51.6 Å². The number of benzene rings is 1. The van der Waals surface area contributed by atoms with Crippen LogP contribution in [0, 0.1) is 6.92 Å². The van der Waals surface area contributed by atoms with Gasteiger partial charge in [0.15, 0.2) is 5.82 Å². The smallest absolute Gasteiger partial charge is 0.252 e. The fourth-order valence-corrected chi connectivity index (χ4v) is 5.97. The summed E-state index contributed by atoms with van der Waals surface area (Å²) >= 11 is 0. The van der Waals surface area contributed by atoms with Crippen LogP contribution in [0.4, 0.5) is 0 Å². The zero-order valence-corrected chi connectivity index (χ0v) is 19.5. The molecule has 176 valence electrons. The molecule has 0 radical (unpaired) electrons. The Labute approximate surface area is 194 Å². The van der Waals surface area contributed by atoms with Gasteiger partial charge in [-0.2, -0.15) is 0 Å². The summed E-state index contributed by atoms with van der Waals surface area (Å²) in [4.78, 5) is 18.3. The number of hydrogen-bond donors (Lipinski definition) is 2. The summed E-state index contributed by atoms with van der Waals surface area (Å²) in [5.41, 5.74) is 2.27. The van der Waals surface area contributed by atoms with Gasteiger partial charge in [-0.05, 0) is 66.6 Å². The fourth-order valence-electron chi connectivity index (χ4n) is 5.97. The van der Waals surface area contributed by atoms with Crippen molar-refractivity contribution in [1.82, 2.24) is 30.1 Å². The van der Waals surface area contributed by atoms with Crippen LogP contribution in [0.25, 0.3) is 10.9 Å². The van der Waals surface area contributed by atoms with E-state index in [0.29, 0.717) is 24.7 Å². The van der Waals surface area contributed by atoms with E-state index < -0.39 is 0 Å². The number of aliphatic hydroxyl groups excluding tert-OH is 1. The van der Waals surface area contributed by atoms with Crippen molar-refractivity contribution >= 4 is 10.9 Å². The van der Waals surface area contributed by atoms with Gasteiger partial charge in [0.25, 0.3) is 5.56 Å². The third-order valence-corrected chi connectivity index (χ3v) is 7.67. The molecule has 0 amide bonds. The second kappa shape index (κ2) is 9.35. The topological polar surface area (TPSA) is 99.9 Å². The van der Waals surface area contributed by atoms with Gasteiger partial charge in [-0.25, -0.2) is 4.68 Å². The van der Waals surface area contributed by atoms with Crippen LogP contribution in [-0.4, -0.2) is 48.3 Å². The Morgan fingerprint density at radius 3 is 2.70 bits per heavy atom. The highest BCUT2D eigenvalue weighted by atomic mass is 16.3. The number of tetrazole rings is 1. The highest BCUT2D eigenvalue weighted by Gasteiger charge is 2.45. The molecule has 2 N–H and O–H groups in total. The Bertz CT molecular complexity index is 1160. The average Bonchev–Trinajstić information content (AvgIpc) is 3.52. The van der Waals surface area contributed by atoms with Gasteiger partial charge in [0, 0.05) is 24.2 Å². The Morgan fingerprint density at radius 1 is 1.15 bits per heavy atom. The van der Waals surface area contributed by atoms with Crippen LogP contribution in [0.2, 0.25) is 0 Å². The van der Waals surface area contributed by atoms with Crippen LogP contribution in [-0.2, 0) is 12.1 Å². The lowest BCUT2D eigenvalue weighted by atomic mass is 9.79. The van der Waals surface area contributed by atoms with Crippen LogP contribution >= 0.6 is 0 Å². The first kappa shape index (κ1) is 22.2. The summed E-state index contributed by atoms with van der Waals surface area (Å²) in [5.74, 6) is 0.913. The molecule has 2 aliphatic rings. The summed E-state index contributed by atoms with van der Waals surface area (Å²) in [5, 5.41) is 24.2. The van der Waals surface area contributed by atoms with Gasteiger partial charge >= 0.3 is 0 Å². The number of H-pyrrole nitrogens is 1. The SMILES string of the molecule is Cc1ccc2[nH]c(=O)c(CN(CCO)C3(c4nnnn4C4CCCC4)CCCCC3)cc2c1. The third kappa shape index (κ3) is 4.22. The predicted molar refractivity (Wildman–Crippen MR) is 127 cm³/mol. The predicted octanol–water partition coefficient (Wildman–Crippen LogP) is 3.59. The first-order chi connectivity index (χ1) is 16.1. The number of nitrogens with one attached hydrogen (secondary N) is 1. The van der Waals surface area contributed by atoms with Gasteiger partial charge in [0.05, 0.1) is 18.2 Å². The van der Waals surface area contributed by atoms with E-state index >= 15 is 0 Å². The number of nitrogens with zero attached hydrogens (tertiary/aromatic N) is 5. The molecule has 0 aliphatic heterocycles. The van der Waals surface area contributed by atoms with Crippen molar-refractivity contribution in [1.29, 1.82) is 0 Å². The van der Waals surface area contributed by atoms with E-state index in [0.717, 1.165) is 60.8 Å². The van der Waals surface area contributed by atoms with Crippen molar-refractivity contribution < 1.29 is 5.11 Å². The minimum atomic E-state index is -0.374. The summed E-state index contributed by atoms with van der Waals surface area (Å²) in [7, 11) is 0. The molecule has 5 rings (SSSR count). The van der Waals surface area contributed by atoms with Crippen molar-refractivity contribution in [2.45, 2.75) is 82.8 Å². The Hall–Kier alpha value is -2.58. The molecular weight excluding hydrogens is 416 g/mol. The maximum absolute atomic E-state index is 13.0. The zero-order valence-electron chi connectivity index (χ0n) is 19.5. The molecule has 3 aromatic rings. The van der Waals surface area contributed by atoms with Crippen molar-refractivity contribution in [2.24, 2.45) is 0 Å². The van der Waals surface area contributed by atoms with Gasteiger partial charge in [0.1, 0.15) is 0 Å². The summed E-state index contributed by atoms with van der Waals surface area (Å²) in [6.45, 7) is 3.01. The molecule has 0 bridgehead atoms. The first-order valence-corrected chi connectivity index (χ1v) is 12.4. The number of fused-ring (bicyclic) bond motifs is 1. The molecule has 2 aliphatic carbocycles. The van der Waals surface area contributed by atoms with Crippen LogP contribution in [0.5, 0.6) is 0 Å². The Kier molecular flexibility index (Phi) is 6.29. The van der Waals surface area contributed by atoms with E-state index in [-0.39, 0.29) is 17.7 Å². The summed E-state index contributed by atoms with van der Waals surface area (Å²) < 4.78 is 2.07. The second-order valence-corrected chi connectivity index (χ2v) is 9.84. The minimum absolute atomic E-state index is 0.0251. The largest absolute Gasteiger partial charge is 0.395 e. The van der Waals surface area contributed by atoms with Crippen molar-refractivity contribution in [2.75, 3.05) is 13.2 Å². The molecule has 0 spiro atoms. The maximum atomic E-state index is 13.0. The lowest BCUT2D eigenvalue weighted by molar-refractivity contribution is 0.0131. The number of aryl methyl sites for hydroxylation is 1. The number of rotatable bonds is 7. The molecule has 2 aromatic heterocycles. The van der Waals surface area contributed by atoms with E-state index in [1.54, 1.807) is 0 Å². The summed E-state index contributed by atoms with van der Waals surface area (Å²) in [6, 6.07) is 8.41. The average molecular weight is 451 g/mol. The first-order valence-electron chi connectivity index (χ1n) is 12.4. The molecular formula is C25H34N6O2. The van der Waals surface area contributed by atoms with Crippen molar-refractivity contribution in [3.8, 4) is 0 Å². The number of hydrogen-bond acceptors (Lipinski definition) is 6. The van der Waals surface area contributed by atoms with Crippen LogP contribution in [0.1, 0.15) is 80.8 Å². The van der Waals surface area contributed by atoms with Gasteiger partial charge < -0.3 is 10.1 Å². The molecule has 2 saturated carbocycles. The van der Waals surface area contributed by atoms with Gasteiger partial charge in [-0.1, -0.05) is 43.7 Å². The van der Waals surface area contributed by atoms with E-state index in [4.69, 9.17) is 0 Å². The summed E-state index contributed by atoms with van der Waals surface area (Å²) in [6.07, 6.45) is 9.88. The van der Waals surface area contributed by atoms with Gasteiger partial charge in [-0.15, -0.1) is 5.10 Å². The van der Waals surface area contributed by atoms with Gasteiger partial charge in [0.2, 0.25) is 0 Å². The normalized spacial score (nSPS) is 19.0. The molecule has 0 atom stereocenters. The van der Waals surface area contributed by atoms with E-state index in [1.165, 1.54) is 19.3 Å². The number of aromatic amines is 1. The number of aliphatic hydroxyl groups is 1. The minimum Gasteiger partial charge on any atom is -0.395 e. The molecule has 33 heavy (non-hydrogen) atoms. The number of aromatic nitrogens is 5. The molecule has 2 heterocycles. The molecule has 0 unspecified atom stereocenters. The highest BCUT2D eigenvalue weighted by molar-refractivity contribution is 5.79. The lowest BCUT2D eigenvalue weighted by Crippen LogP contribution is -2.50.